The lowest BCUT2D eigenvalue weighted by atomic mass is 10.1. The Bertz CT molecular complexity index is 1220. The number of hydrogen-bond acceptors (Lipinski definition) is 5. The Morgan fingerprint density at radius 3 is 2.92 bits per heavy atom. The first-order valence-corrected chi connectivity index (χ1v) is 8.57. The van der Waals surface area contributed by atoms with Crippen LogP contribution in [0, 0.1) is 0 Å². The van der Waals surface area contributed by atoms with Gasteiger partial charge in [0.05, 0.1) is 17.9 Å². The average Bonchev–Trinajstić information content (AvgIpc) is 3.30. The van der Waals surface area contributed by atoms with E-state index < -0.39 is 11.0 Å². The van der Waals surface area contributed by atoms with Gasteiger partial charge in [-0.2, -0.15) is 10.2 Å². The second-order valence-electron chi connectivity index (χ2n) is 5.49. The van der Waals surface area contributed by atoms with Crippen LogP contribution in [0.5, 0.6) is 0 Å². The van der Waals surface area contributed by atoms with Crippen molar-refractivity contribution in [1.29, 1.82) is 0 Å². The molecule has 0 saturated heterocycles. The molecule has 9 heteroatoms. The van der Waals surface area contributed by atoms with Crippen molar-refractivity contribution in [3.63, 3.8) is 0 Å². The first-order chi connectivity index (χ1) is 12.2. The molecule has 1 unspecified atom stereocenters. The van der Waals surface area contributed by atoms with Gasteiger partial charge >= 0.3 is 0 Å². The van der Waals surface area contributed by atoms with Gasteiger partial charge in [0.25, 0.3) is 5.91 Å². The van der Waals surface area contributed by atoms with Crippen molar-refractivity contribution >= 4 is 38.5 Å². The number of benzene rings is 1. The molecule has 8 nitrogen and oxygen atoms in total. The molecule has 1 amide bonds. The second-order valence-corrected chi connectivity index (χ2v) is 6.65. The van der Waals surface area contributed by atoms with E-state index in [2.05, 4.69) is 19.9 Å². The molecule has 0 radical (unpaired) electrons. The van der Waals surface area contributed by atoms with Gasteiger partial charge in [-0.3, -0.25) is 9.52 Å². The summed E-state index contributed by atoms with van der Waals surface area (Å²) in [5.41, 5.74) is 3.40. The van der Waals surface area contributed by atoms with Crippen LogP contribution < -0.4 is 4.72 Å². The normalized spacial score (nSPS) is 17.2. The van der Waals surface area contributed by atoms with Gasteiger partial charge in [0, 0.05) is 29.4 Å². The predicted octanol–water partition coefficient (Wildman–Crippen LogP) is 1.34. The number of fused-ring (bicyclic) bond motifs is 2. The van der Waals surface area contributed by atoms with Crippen LogP contribution in [0.1, 0.15) is 0 Å². The van der Waals surface area contributed by atoms with E-state index in [9.17, 15) is 9.00 Å². The Morgan fingerprint density at radius 1 is 1.16 bits per heavy atom. The van der Waals surface area contributed by atoms with Gasteiger partial charge < -0.3 is 0 Å². The van der Waals surface area contributed by atoms with E-state index in [-0.39, 0.29) is 5.91 Å². The zero-order valence-electron chi connectivity index (χ0n) is 12.7. The number of amides is 1. The maximum atomic E-state index is 12.0. The van der Waals surface area contributed by atoms with Crippen molar-refractivity contribution in [2.45, 2.75) is 0 Å². The fraction of sp³-hybridized carbons (Fsp3) is 0. The largest absolute Gasteiger partial charge is 0.269 e. The molecule has 0 saturated carbocycles. The predicted molar refractivity (Wildman–Crippen MR) is 92.3 cm³/mol. The Hall–Kier alpha value is -3.33. The summed E-state index contributed by atoms with van der Waals surface area (Å²) >= 11 is 0. The van der Waals surface area contributed by atoms with E-state index in [1.54, 1.807) is 23.1 Å². The SMILES string of the molecule is O=C1C=C(n2ncc3cc(-c4cnn5cccnc45)ccc32)S(=O)N1. The molecule has 25 heavy (non-hydrogen) atoms. The van der Waals surface area contributed by atoms with Crippen molar-refractivity contribution in [2.24, 2.45) is 0 Å². The summed E-state index contributed by atoms with van der Waals surface area (Å²) < 4.78 is 17.5. The third-order valence-electron chi connectivity index (χ3n) is 4.00. The molecule has 122 valence electrons. The van der Waals surface area contributed by atoms with Crippen molar-refractivity contribution < 1.29 is 9.00 Å². The van der Waals surface area contributed by atoms with Crippen molar-refractivity contribution in [3.05, 3.63) is 55.1 Å². The fourth-order valence-corrected chi connectivity index (χ4v) is 3.75. The van der Waals surface area contributed by atoms with Gasteiger partial charge in [0.15, 0.2) is 21.7 Å². The minimum absolute atomic E-state index is 0.324. The highest BCUT2D eigenvalue weighted by atomic mass is 32.2. The highest BCUT2D eigenvalue weighted by Crippen LogP contribution is 2.28. The number of carbonyl (C=O) groups excluding carboxylic acids is 1. The van der Waals surface area contributed by atoms with Crippen LogP contribution in [0.3, 0.4) is 0 Å². The number of carbonyl (C=O) groups is 1. The summed E-state index contributed by atoms with van der Waals surface area (Å²) in [5.74, 6) is -0.383. The molecule has 5 rings (SSSR count). The maximum absolute atomic E-state index is 12.0. The van der Waals surface area contributed by atoms with Gasteiger partial charge in [-0.1, -0.05) is 6.07 Å². The molecule has 1 aliphatic rings. The van der Waals surface area contributed by atoms with E-state index in [1.807, 2.05) is 30.5 Å². The molecule has 1 aromatic carbocycles. The molecule has 4 aromatic rings. The molecule has 1 atom stereocenters. The minimum atomic E-state index is -1.59. The summed E-state index contributed by atoms with van der Waals surface area (Å²) in [6.45, 7) is 0. The molecule has 4 heterocycles. The smallest absolute Gasteiger partial charge is 0.258 e. The van der Waals surface area contributed by atoms with Crippen LogP contribution in [0.15, 0.2) is 55.1 Å². The number of aromatic nitrogens is 5. The Kier molecular flexibility index (Phi) is 2.86. The third kappa shape index (κ3) is 2.09. The Morgan fingerprint density at radius 2 is 2.08 bits per heavy atom. The van der Waals surface area contributed by atoms with E-state index in [0.717, 1.165) is 27.7 Å². The van der Waals surface area contributed by atoms with Crippen molar-refractivity contribution in [3.8, 4) is 11.1 Å². The molecule has 0 bridgehead atoms. The van der Waals surface area contributed by atoms with E-state index in [1.165, 1.54) is 10.8 Å². The van der Waals surface area contributed by atoms with Crippen LogP contribution in [0.2, 0.25) is 0 Å². The molecule has 1 aliphatic heterocycles. The van der Waals surface area contributed by atoms with E-state index >= 15 is 0 Å². The molecule has 0 aliphatic carbocycles. The summed E-state index contributed by atoms with van der Waals surface area (Å²) in [6, 6.07) is 7.60. The Labute approximate surface area is 143 Å². The van der Waals surface area contributed by atoms with Gasteiger partial charge in [-0.25, -0.2) is 18.4 Å². The molecule has 1 N–H and O–H groups in total. The topological polar surface area (TPSA) is 94.2 Å². The average molecular weight is 350 g/mol. The quantitative estimate of drug-likeness (QED) is 0.589. The zero-order valence-corrected chi connectivity index (χ0v) is 13.5. The number of nitrogens with one attached hydrogen (secondary N) is 1. The van der Waals surface area contributed by atoms with E-state index in [0.29, 0.717) is 5.03 Å². The van der Waals surface area contributed by atoms with Crippen molar-refractivity contribution in [2.75, 3.05) is 0 Å². The number of hydrogen-bond donors (Lipinski definition) is 1. The van der Waals surface area contributed by atoms with Crippen molar-refractivity contribution in [1.82, 2.24) is 29.1 Å². The Balaban J connectivity index is 1.66. The van der Waals surface area contributed by atoms with Crippen LogP contribution in [0.4, 0.5) is 0 Å². The van der Waals surface area contributed by atoms with Crippen LogP contribution in [-0.4, -0.2) is 34.5 Å². The van der Waals surface area contributed by atoms with Gasteiger partial charge in [-0.15, -0.1) is 0 Å². The lowest BCUT2D eigenvalue weighted by molar-refractivity contribution is -0.114. The fourth-order valence-electron chi connectivity index (χ4n) is 2.89. The summed E-state index contributed by atoms with van der Waals surface area (Å²) in [6.07, 6.45) is 8.31. The molecular weight excluding hydrogens is 340 g/mol. The van der Waals surface area contributed by atoms with Gasteiger partial charge in [0.2, 0.25) is 0 Å². The first-order valence-electron chi connectivity index (χ1n) is 7.42. The van der Waals surface area contributed by atoms with Crippen LogP contribution in [-0.2, 0) is 15.8 Å². The highest BCUT2D eigenvalue weighted by molar-refractivity contribution is 7.93. The van der Waals surface area contributed by atoms with Gasteiger partial charge in [-0.05, 0) is 23.8 Å². The summed E-state index contributed by atoms with van der Waals surface area (Å²) in [4.78, 5) is 15.8. The summed E-state index contributed by atoms with van der Waals surface area (Å²) in [5, 5.41) is 9.76. The van der Waals surface area contributed by atoms with E-state index in [4.69, 9.17) is 0 Å². The first kappa shape index (κ1) is 14.1. The van der Waals surface area contributed by atoms with Gasteiger partial charge in [0.1, 0.15) is 0 Å². The molecule has 3 aromatic heterocycles. The highest BCUT2D eigenvalue weighted by Gasteiger charge is 2.23. The van der Waals surface area contributed by atoms with Crippen LogP contribution in [0.25, 0.3) is 32.7 Å². The minimum Gasteiger partial charge on any atom is -0.269 e. The second kappa shape index (κ2) is 5.08. The van der Waals surface area contributed by atoms with Crippen LogP contribution >= 0.6 is 0 Å². The lowest BCUT2D eigenvalue weighted by Crippen LogP contribution is -2.17. The third-order valence-corrected chi connectivity index (χ3v) is 5.06. The molecule has 0 spiro atoms. The zero-order chi connectivity index (χ0) is 17.0. The number of rotatable bonds is 2. The number of nitrogens with zero attached hydrogens (tertiary/aromatic N) is 5. The standard InChI is InChI=1S/C16H10N6O2S/c23-14-7-15(25(24)20-14)22-13-3-2-10(6-11(13)8-19-22)12-9-18-21-5-1-4-17-16(12)21/h1-9H,(H,20,23). The summed E-state index contributed by atoms with van der Waals surface area (Å²) in [7, 11) is -1.59. The monoisotopic (exact) mass is 350 g/mol. The molecule has 0 fully saturated rings. The molecular formula is C16H10N6O2S. The maximum Gasteiger partial charge on any atom is 0.258 e. The lowest BCUT2D eigenvalue weighted by Gasteiger charge is -2.04.